The van der Waals surface area contributed by atoms with E-state index in [0.29, 0.717) is 12.1 Å². The molecule has 1 heterocycles. The van der Waals surface area contributed by atoms with Crippen LogP contribution in [0, 0.1) is 0 Å². The summed E-state index contributed by atoms with van der Waals surface area (Å²) in [6.45, 7) is 0.920. The van der Waals surface area contributed by atoms with E-state index >= 15 is 0 Å². The molecule has 0 unspecified atom stereocenters. The average molecular weight is 405 g/mol. The number of hydrogen-bond donors (Lipinski definition) is 1. The van der Waals surface area contributed by atoms with E-state index in [-0.39, 0.29) is 0 Å². The van der Waals surface area contributed by atoms with Gasteiger partial charge in [-0.3, -0.25) is 0 Å². The fourth-order valence-electron chi connectivity index (χ4n) is 4.67. The summed E-state index contributed by atoms with van der Waals surface area (Å²) < 4.78 is 2.26. The molecule has 2 saturated carbocycles. The van der Waals surface area contributed by atoms with Crippen LogP contribution in [0.5, 0.6) is 0 Å². The fraction of sp³-hybridized carbons (Fsp3) is 0.538. The highest BCUT2D eigenvalue weighted by Gasteiger charge is 2.17. The van der Waals surface area contributed by atoms with Crippen molar-refractivity contribution in [3.63, 3.8) is 0 Å². The summed E-state index contributed by atoms with van der Waals surface area (Å²) in [6, 6.07) is 17.9. The van der Waals surface area contributed by atoms with E-state index < -0.39 is 0 Å². The Bertz CT molecular complexity index is 856. The topological polar surface area (TPSA) is 41.7 Å². The van der Waals surface area contributed by atoms with Gasteiger partial charge < -0.3 is 9.88 Å². The molecule has 0 spiro atoms. The molecule has 0 amide bonds. The molecule has 0 saturated heterocycles. The van der Waals surface area contributed by atoms with E-state index in [1.54, 1.807) is 0 Å². The van der Waals surface area contributed by atoms with Crippen LogP contribution in [0.15, 0.2) is 64.7 Å². The minimum absolute atomic E-state index is 0.426. The Balaban J connectivity index is 1.56. The van der Waals surface area contributed by atoms with Gasteiger partial charge in [-0.05, 0) is 49.8 Å². The van der Waals surface area contributed by atoms with Crippen molar-refractivity contribution in [3.05, 3.63) is 65.8 Å². The maximum absolute atomic E-state index is 5.11. The van der Waals surface area contributed by atoms with Crippen LogP contribution in [-0.2, 0) is 13.0 Å². The van der Waals surface area contributed by atoms with Gasteiger partial charge in [-0.25, -0.2) is 4.99 Å². The van der Waals surface area contributed by atoms with Gasteiger partial charge in [0.1, 0.15) is 5.49 Å². The second-order valence-corrected chi connectivity index (χ2v) is 8.82. The number of guanidine groups is 1. The third-order valence-corrected chi connectivity index (χ3v) is 6.44. The number of nitrogens with one attached hydrogen (secondary N) is 1. The summed E-state index contributed by atoms with van der Waals surface area (Å²) in [4.78, 5) is 10.2. The maximum atomic E-state index is 5.11. The molecule has 4 rings (SSSR count). The van der Waals surface area contributed by atoms with Crippen molar-refractivity contribution in [3.8, 4) is 0 Å². The van der Waals surface area contributed by atoms with Crippen molar-refractivity contribution in [2.45, 2.75) is 89.3 Å². The van der Waals surface area contributed by atoms with Gasteiger partial charge in [-0.2, -0.15) is 4.99 Å². The fourth-order valence-corrected chi connectivity index (χ4v) is 4.67. The maximum Gasteiger partial charge on any atom is 0.220 e. The Kier molecular flexibility index (Phi) is 7.76. The molecular weight excluding hydrogens is 368 g/mol. The standard InChI is InChI=1S/C26H36N4/c1-4-12-22(13-5-1)19-21-30-20-11-10-18-25(30)29-26(27-23-14-6-2-7-15-23)28-24-16-8-3-9-17-24/h1,4-5,10-13,18,20,23-24H,2-3,6-9,14-17,19,21H2,(H,27,28). The number of rotatable bonds is 5. The molecule has 2 aromatic rings. The summed E-state index contributed by atoms with van der Waals surface area (Å²) in [5, 5.41) is 3.72. The van der Waals surface area contributed by atoms with Gasteiger partial charge in [-0.15, -0.1) is 0 Å². The minimum Gasteiger partial charge on any atom is -0.352 e. The Labute approximate surface area is 181 Å². The molecule has 0 aliphatic heterocycles. The molecule has 4 nitrogen and oxygen atoms in total. The summed E-state index contributed by atoms with van der Waals surface area (Å²) in [6.07, 6.45) is 16.0. The van der Waals surface area contributed by atoms with Crippen LogP contribution in [0.25, 0.3) is 0 Å². The number of pyridine rings is 1. The molecule has 4 heteroatoms. The van der Waals surface area contributed by atoms with Crippen LogP contribution < -0.4 is 10.8 Å². The van der Waals surface area contributed by atoms with E-state index in [9.17, 15) is 0 Å². The monoisotopic (exact) mass is 404 g/mol. The largest absolute Gasteiger partial charge is 0.352 e. The van der Waals surface area contributed by atoms with Crippen molar-refractivity contribution in [1.29, 1.82) is 0 Å². The van der Waals surface area contributed by atoms with Crippen LogP contribution in [-0.4, -0.2) is 22.6 Å². The van der Waals surface area contributed by atoms with Crippen LogP contribution in [0.3, 0.4) is 0 Å². The molecule has 2 aliphatic rings. The van der Waals surface area contributed by atoms with E-state index in [1.165, 1.54) is 69.8 Å². The highest BCUT2D eigenvalue weighted by Crippen LogP contribution is 2.21. The molecule has 0 radical (unpaired) electrons. The second kappa shape index (κ2) is 11.1. The van der Waals surface area contributed by atoms with Gasteiger partial charge in [0.2, 0.25) is 5.96 Å². The predicted molar refractivity (Wildman–Crippen MR) is 124 cm³/mol. The van der Waals surface area contributed by atoms with Crippen molar-refractivity contribution >= 4 is 5.96 Å². The van der Waals surface area contributed by atoms with Crippen LogP contribution >= 0.6 is 0 Å². The minimum atomic E-state index is 0.426. The first-order chi connectivity index (χ1) is 14.9. The van der Waals surface area contributed by atoms with E-state index in [1.807, 2.05) is 0 Å². The molecular formula is C26H36N4. The first-order valence-electron chi connectivity index (χ1n) is 12.0. The zero-order valence-electron chi connectivity index (χ0n) is 18.2. The van der Waals surface area contributed by atoms with Crippen LogP contribution in [0.2, 0.25) is 0 Å². The molecule has 0 atom stereocenters. The van der Waals surface area contributed by atoms with Crippen LogP contribution in [0.1, 0.15) is 69.8 Å². The molecule has 0 bridgehead atoms. The van der Waals surface area contributed by atoms with Crippen molar-refractivity contribution < 1.29 is 0 Å². The lowest BCUT2D eigenvalue weighted by molar-refractivity contribution is 0.407. The molecule has 1 N–H and O–H groups in total. The van der Waals surface area contributed by atoms with Crippen molar-refractivity contribution in [2.24, 2.45) is 9.98 Å². The van der Waals surface area contributed by atoms with Gasteiger partial charge in [0, 0.05) is 18.8 Å². The summed E-state index contributed by atoms with van der Waals surface area (Å²) in [5.41, 5.74) is 2.35. The Hall–Kier alpha value is -2.36. The predicted octanol–water partition coefficient (Wildman–Crippen LogP) is 5.24. The first kappa shape index (κ1) is 20.9. The number of hydrogen-bond acceptors (Lipinski definition) is 1. The van der Waals surface area contributed by atoms with Gasteiger partial charge in [0.25, 0.3) is 0 Å². The SMILES string of the molecule is c1ccc(CCn2ccccc2=NC(=NC2CCCCC2)NC2CCCCC2)cc1. The second-order valence-electron chi connectivity index (χ2n) is 8.82. The Morgan fingerprint density at radius 3 is 2.30 bits per heavy atom. The number of benzene rings is 1. The molecule has 1 aromatic carbocycles. The Morgan fingerprint density at radius 1 is 0.833 bits per heavy atom. The summed E-state index contributed by atoms with van der Waals surface area (Å²) in [7, 11) is 0. The first-order valence-corrected chi connectivity index (χ1v) is 12.0. The van der Waals surface area contributed by atoms with Gasteiger partial charge in [-0.1, -0.05) is 74.9 Å². The lowest BCUT2D eigenvalue weighted by Crippen LogP contribution is -2.38. The normalized spacial score (nSPS) is 19.7. The Morgan fingerprint density at radius 2 is 1.53 bits per heavy atom. The number of aryl methyl sites for hydroxylation is 2. The van der Waals surface area contributed by atoms with Crippen molar-refractivity contribution in [1.82, 2.24) is 9.88 Å². The average Bonchev–Trinajstić information content (AvgIpc) is 2.80. The van der Waals surface area contributed by atoms with E-state index in [2.05, 4.69) is 64.6 Å². The van der Waals surface area contributed by atoms with E-state index in [4.69, 9.17) is 9.98 Å². The number of nitrogens with zero attached hydrogens (tertiary/aromatic N) is 3. The zero-order chi connectivity index (χ0) is 20.4. The quantitative estimate of drug-likeness (QED) is 0.537. The molecule has 160 valence electrons. The molecule has 30 heavy (non-hydrogen) atoms. The van der Waals surface area contributed by atoms with Gasteiger partial charge >= 0.3 is 0 Å². The highest BCUT2D eigenvalue weighted by atomic mass is 15.2. The molecule has 1 aromatic heterocycles. The molecule has 2 aliphatic carbocycles. The van der Waals surface area contributed by atoms with E-state index in [0.717, 1.165) is 24.4 Å². The third kappa shape index (κ3) is 6.32. The lowest BCUT2D eigenvalue weighted by Gasteiger charge is -2.25. The summed E-state index contributed by atoms with van der Waals surface area (Å²) >= 11 is 0. The van der Waals surface area contributed by atoms with Gasteiger partial charge in [0.05, 0.1) is 6.04 Å². The highest BCUT2D eigenvalue weighted by molar-refractivity contribution is 5.81. The van der Waals surface area contributed by atoms with Gasteiger partial charge in [0.15, 0.2) is 0 Å². The summed E-state index contributed by atoms with van der Waals surface area (Å²) in [5.74, 6) is 0.855. The number of aliphatic imine (C=N–C) groups is 1. The molecule has 2 fully saturated rings. The number of aromatic nitrogens is 1. The lowest BCUT2D eigenvalue weighted by atomic mass is 9.95. The smallest absolute Gasteiger partial charge is 0.220 e. The zero-order valence-corrected chi connectivity index (χ0v) is 18.2. The third-order valence-electron chi connectivity index (χ3n) is 6.44. The van der Waals surface area contributed by atoms with Crippen molar-refractivity contribution in [2.75, 3.05) is 0 Å². The van der Waals surface area contributed by atoms with Crippen LogP contribution in [0.4, 0.5) is 0 Å².